The molecule has 0 bridgehead atoms. The van der Waals surface area contributed by atoms with E-state index in [4.69, 9.17) is 0 Å². The second-order valence-electron chi connectivity index (χ2n) is 3.58. The van der Waals surface area contributed by atoms with Crippen LogP contribution in [0.2, 0.25) is 6.32 Å². The molecule has 0 heterocycles. The van der Waals surface area contributed by atoms with E-state index in [-0.39, 0.29) is 0 Å². The zero-order valence-corrected chi connectivity index (χ0v) is 8.29. The fourth-order valence-corrected chi connectivity index (χ4v) is 1.39. The van der Waals surface area contributed by atoms with E-state index in [1.807, 2.05) is 0 Å². The molecule has 0 spiro atoms. The quantitative estimate of drug-likeness (QED) is 0.555. The van der Waals surface area contributed by atoms with Gasteiger partial charge in [0.2, 0.25) is 0 Å². The SMILES string of the molecule is CC(C[B-](F)(F)F)C(=O)c1ccccc1. The average Bonchev–Trinajstić information content (AvgIpc) is 2.15. The van der Waals surface area contributed by atoms with Gasteiger partial charge in [0, 0.05) is 5.56 Å². The number of carbonyl (C=O) groups excluding carboxylic acids is 1. The molecule has 0 N–H and O–H groups in total. The number of hydrogen-bond donors (Lipinski definition) is 0. The first-order chi connectivity index (χ1) is 6.90. The highest BCUT2D eigenvalue weighted by Crippen LogP contribution is 2.23. The van der Waals surface area contributed by atoms with Crippen molar-refractivity contribution < 1.29 is 17.7 Å². The smallest absolute Gasteiger partial charge is 0.449 e. The average molecular weight is 215 g/mol. The molecule has 82 valence electrons. The van der Waals surface area contributed by atoms with E-state index in [9.17, 15) is 17.7 Å². The van der Waals surface area contributed by atoms with Gasteiger partial charge >= 0.3 is 6.98 Å². The predicted octanol–water partition coefficient (Wildman–Crippen LogP) is 3.35. The van der Waals surface area contributed by atoms with E-state index in [1.165, 1.54) is 19.1 Å². The molecule has 0 aliphatic carbocycles. The minimum absolute atomic E-state index is 0.338. The molecule has 5 heteroatoms. The van der Waals surface area contributed by atoms with Gasteiger partial charge in [-0.15, -0.1) is 0 Å². The summed E-state index contributed by atoms with van der Waals surface area (Å²) in [5.41, 5.74) is 0.338. The third-order valence-corrected chi connectivity index (χ3v) is 2.13. The lowest BCUT2D eigenvalue weighted by Gasteiger charge is -2.18. The van der Waals surface area contributed by atoms with Gasteiger partial charge in [0.05, 0.1) is 0 Å². The monoisotopic (exact) mass is 215 g/mol. The highest BCUT2D eigenvalue weighted by Gasteiger charge is 2.29. The van der Waals surface area contributed by atoms with Gasteiger partial charge in [0.25, 0.3) is 0 Å². The first-order valence-electron chi connectivity index (χ1n) is 4.70. The van der Waals surface area contributed by atoms with Gasteiger partial charge in [-0.3, -0.25) is 4.79 Å². The van der Waals surface area contributed by atoms with Crippen molar-refractivity contribution in [3.05, 3.63) is 35.9 Å². The number of hydrogen-bond acceptors (Lipinski definition) is 1. The van der Waals surface area contributed by atoms with Crippen molar-refractivity contribution in [3.63, 3.8) is 0 Å². The number of carbonyl (C=O) groups is 1. The summed E-state index contributed by atoms with van der Waals surface area (Å²) in [5.74, 6) is -1.44. The molecule has 0 aliphatic rings. The minimum Gasteiger partial charge on any atom is -0.449 e. The summed E-state index contributed by atoms with van der Waals surface area (Å²) in [6.45, 7) is -3.58. The van der Waals surface area contributed by atoms with Crippen molar-refractivity contribution in [2.45, 2.75) is 13.2 Å². The van der Waals surface area contributed by atoms with E-state index in [0.717, 1.165) is 0 Å². The van der Waals surface area contributed by atoms with E-state index < -0.39 is 25.0 Å². The maximum absolute atomic E-state index is 12.1. The Kier molecular flexibility index (Phi) is 3.55. The summed E-state index contributed by atoms with van der Waals surface area (Å²) in [7, 11) is 0. The molecule has 0 amide bonds. The van der Waals surface area contributed by atoms with Crippen LogP contribution in [-0.2, 0) is 0 Å². The summed E-state index contributed by atoms with van der Waals surface area (Å²) in [6, 6.07) is 8.05. The van der Waals surface area contributed by atoms with Crippen LogP contribution >= 0.6 is 0 Å². The predicted molar refractivity (Wildman–Crippen MR) is 53.8 cm³/mol. The van der Waals surface area contributed by atoms with Crippen molar-refractivity contribution in [1.82, 2.24) is 0 Å². The number of ketones is 1. The van der Waals surface area contributed by atoms with Gasteiger partial charge in [0.15, 0.2) is 5.78 Å². The third-order valence-electron chi connectivity index (χ3n) is 2.13. The Labute approximate surface area is 86.4 Å². The first-order valence-corrected chi connectivity index (χ1v) is 4.70. The number of halogens is 3. The maximum Gasteiger partial charge on any atom is 0.479 e. The molecule has 1 rings (SSSR count). The summed E-state index contributed by atoms with van der Waals surface area (Å²) in [5, 5.41) is 0. The van der Waals surface area contributed by atoms with Crippen LogP contribution in [0.5, 0.6) is 0 Å². The molecule has 0 fully saturated rings. The van der Waals surface area contributed by atoms with E-state index >= 15 is 0 Å². The summed E-state index contributed by atoms with van der Waals surface area (Å²) in [4.78, 5) is 11.5. The Morgan fingerprint density at radius 2 is 1.80 bits per heavy atom. The van der Waals surface area contributed by atoms with Crippen LogP contribution in [0.1, 0.15) is 17.3 Å². The fraction of sp³-hybridized carbons (Fsp3) is 0.300. The van der Waals surface area contributed by atoms with Gasteiger partial charge < -0.3 is 12.9 Å². The second kappa shape index (κ2) is 4.51. The van der Waals surface area contributed by atoms with Crippen LogP contribution in [0.3, 0.4) is 0 Å². The van der Waals surface area contributed by atoms with Crippen molar-refractivity contribution in [2.75, 3.05) is 0 Å². The van der Waals surface area contributed by atoms with Crippen LogP contribution in [-0.4, -0.2) is 12.8 Å². The molecule has 1 atom stereocenters. The van der Waals surface area contributed by atoms with Gasteiger partial charge in [-0.1, -0.05) is 43.6 Å². The van der Waals surface area contributed by atoms with E-state index in [0.29, 0.717) is 5.56 Å². The Morgan fingerprint density at radius 1 is 1.27 bits per heavy atom. The van der Waals surface area contributed by atoms with Crippen LogP contribution in [0.4, 0.5) is 12.9 Å². The fourth-order valence-electron chi connectivity index (χ4n) is 1.39. The van der Waals surface area contributed by atoms with Crippen molar-refractivity contribution in [2.24, 2.45) is 5.92 Å². The summed E-state index contributed by atoms with van der Waals surface area (Å²) >= 11 is 0. The van der Waals surface area contributed by atoms with Gasteiger partial charge in [-0.05, 0) is 5.92 Å². The third kappa shape index (κ3) is 3.77. The molecule has 1 aromatic rings. The number of rotatable bonds is 4. The molecule has 1 aromatic carbocycles. The zero-order chi connectivity index (χ0) is 11.5. The van der Waals surface area contributed by atoms with Crippen LogP contribution in [0.25, 0.3) is 0 Å². The molecule has 0 radical (unpaired) electrons. The molecular weight excluding hydrogens is 204 g/mol. The molecule has 0 saturated heterocycles. The Balaban J connectivity index is 2.70. The van der Waals surface area contributed by atoms with Crippen molar-refractivity contribution in [1.29, 1.82) is 0 Å². The topological polar surface area (TPSA) is 17.1 Å². The van der Waals surface area contributed by atoms with Crippen molar-refractivity contribution in [3.8, 4) is 0 Å². The van der Waals surface area contributed by atoms with Gasteiger partial charge in [-0.25, -0.2) is 0 Å². The van der Waals surface area contributed by atoms with Gasteiger partial charge in [0.1, 0.15) is 0 Å². The normalized spacial score (nSPS) is 13.6. The molecule has 0 aliphatic heterocycles. The Bertz CT molecular complexity index is 334. The highest BCUT2D eigenvalue weighted by atomic mass is 19.4. The zero-order valence-electron chi connectivity index (χ0n) is 8.29. The van der Waals surface area contributed by atoms with E-state index in [1.54, 1.807) is 18.2 Å². The molecule has 0 saturated carbocycles. The molecule has 1 nitrogen and oxygen atoms in total. The Hall–Kier alpha value is -1.26. The van der Waals surface area contributed by atoms with E-state index in [2.05, 4.69) is 0 Å². The molecule has 0 aromatic heterocycles. The summed E-state index contributed by atoms with van der Waals surface area (Å²) < 4.78 is 36.3. The Morgan fingerprint density at radius 3 is 2.27 bits per heavy atom. The minimum atomic E-state index is -4.89. The standard InChI is InChI=1S/C10H11BF3O/c1-8(7-11(12,13)14)10(15)9-5-3-2-4-6-9/h2-6,8H,7H2,1H3/q-1. The number of benzene rings is 1. The lowest BCUT2D eigenvalue weighted by molar-refractivity contribution is 0.0934. The summed E-state index contributed by atoms with van der Waals surface area (Å²) in [6.07, 6.45) is -1.01. The lowest BCUT2D eigenvalue weighted by Crippen LogP contribution is -2.23. The van der Waals surface area contributed by atoms with Crippen LogP contribution in [0.15, 0.2) is 30.3 Å². The molecule has 15 heavy (non-hydrogen) atoms. The maximum atomic E-state index is 12.1. The van der Waals surface area contributed by atoms with Gasteiger partial charge in [-0.2, -0.15) is 0 Å². The number of Topliss-reactive ketones (excluding diaryl/α,β-unsaturated/α-hetero) is 1. The van der Waals surface area contributed by atoms with Crippen LogP contribution < -0.4 is 0 Å². The van der Waals surface area contributed by atoms with Crippen molar-refractivity contribution >= 4 is 12.8 Å². The van der Waals surface area contributed by atoms with Crippen LogP contribution in [0, 0.1) is 5.92 Å². The molecule has 1 unspecified atom stereocenters. The first kappa shape index (κ1) is 11.8. The lowest BCUT2D eigenvalue weighted by atomic mass is 9.76. The second-order valence-corrected chi connectivity index (χ2v) is 3.58. The largest absolute Gasteiger partial charge is 0.479 e. The highest BCUT2D eigenvalue weighted by molar-refractivity contribution is 6.58. The molecular formula is C10H11BF3O-.